The fraction of sp³-hybridized carbons (Fsp3) is 0.464. The molecule has 2 aromatic carbocycles. The Labute approximate surface area is 206 Å². The van der Waals surface area contributed by atoms with Gasteiger partial charge in [0.2, 0.25) is 5.91 Å². The maximum atomic E-state index is 13.4. The number of rotatable bonds is 8. The second-order valence-electron chi connectivity index (χ2n) is 9.74. The minimum absolute atomic E-state index is 0.0243. The molecule has 1 saturated carbocycles. The van der Waals surface area contributed by atoms with Gasteiger partial charge in [-0.05, 0) is 35.1 Å². The summed E-state index contributed by atoms with van der Waals surface area (Å²) >= 11 is 0. The lowest BCUT2D eigenvalue weighted by atomic mass is 9.78. The van der Waals surface area contributed by atoms with Gasteiger partial charge < -0.3 is 20.1 Å². The van der Waals surface area contributed by atoms with Crippen molar-refractivity contribution < 1.29 is 24.2 Å². The maximum absolute atomic E-state index is 13.4. The number of hydrogen-bond donors (Lipinski definition) is 2. The lowest BCUT2D eigenvalue weighted by Crippen LogP contribution is -2.49. The van der Waals surface area contributed by atoms with Crippen LogP contribution < -0.4 is 5.32 Å². The number of alkyl carbamates (subject to hydrolysis) is 1. The fourth-order valence-electron chi connectivity index (χ4n) is 5.53. The molecule has 2 N–H and O–H groups in total. The van der Waals surface area contributed by atoms with Gasteiger partial charge in [-0.2, -0.15) is 0 Å². The van der Waals surface area contributed by atoms with Crippen LogP contribution in [0.2, 0.25) is 0 Å². The maximum Gasteiger partial charge on any atom is 0.407 e. The molecule has 0 spiro atoms. The largest absolute Gasteiger partial charge is 0.481 e. The summed E-state index contributed by atoms with van der Waals surface area (Å²) in [6, 6.07) is 16.4. The number of fused-ring (bicyclic) bond motifs is 3. The zero-order valence-corrected chi connectivity index (χ0v) is 20.3. The minimum Gasteiger partial charge on any atom is -0.481 e. The summed E-state index contributed by atoms with van der Waals surface area (Å²) in [6.45, 7) is 0.570. The van der Waals surface area contributed by atoms with Crippen LogP contribution in [0.1, 0.15) is 62.0 Å². The molecular formula is C28H34N2O5. The summed E-state index contributed by atoms with van der Waals surface area (Å²) in [5.74, 6) is -1.06. The number of ether oxygens (including phenoxy) is 1. The summed E-state index contributed by atoms with van der Waals surface area (Å²) in [6.07, 6.45) is 4.64. The van der Waals surface area contributed by atoms with Crippen molar-refractivity contribution in [2.24, 2.45) is 5.41 Å². The molecule has 0 heterocycles. The molecule has 2 aliphatic carbocycles. The van der Waals surface area contributed by atoms with E-state index in [-0.39, 0.29) is 37.9 Å². The van der Waals surface area contributed by atoms with Crippen LogP contribution in [0.4, 0.5) is 4.79 Å². The van der Waals surface area contributed by atoms with Crippen molar-refractivity contribution in [1.29, 1.82) is 0 Å². The van der Waals surface area contributed by atoms with E-state index in [1.165, 1.54) is 16.0 Å². The summed E-state index contributed by atoms with van der Waals surface area (Å²) in [7, 11) is 1.64. The Morgan fingerprint density at radius 2 is 1.54 bits per heavy atom. The molecule has 7 nitrogen and oxygen atoms in total. The zero-order chi connectivity index (χ0) is 24.8. The number of carboxylic acids is 1. The summed E-state index contributed by atoms with van der Waals surface area (Å²) in [5, 5.41) is 11.9. The highest BCUT2D eigenvalue weighted by Crippen LogP contribution is 2.44. The lowest BCUT2D eigenvalue weighted by molar-refractivity contribution is -0.143. The molecule has 1 fully saturated rings. The van der Waals surface area contributed by atoms with Crippen LogP contribution in [-0.2, 0) is 14.3 Å². The van der Waals surface area contributed by atoms with E-state index < -0.39 is 17.5 Å². The fourth-order valence-corrected chi connectivity index (χ4v) is 5.53. The first-order valence-electron chi connectivity index (χ1n) is 12.5. The monoisotopic (exact) mass is 478 g/mol. The number of carbonyl (C=O) groups is 3. The Balaban J connectivity index is 1.40. The van der Waals surface area contributed by atoms with Crippen LogP contribution in [-0.4, -0.2) is 54.7 Å². The molecule has 0 aliphatic heterocycles. The molecule has 7 heteroatoms. The van der Waals surface area contributed by atoms with E-state index in [2.05, 4.69) is 29.6 Å². The van der Waals surface area contributed by atoms with Gasteiger partial charge >= 0.3 is 12.1 Å². The van der Waals surface area contributed by atoms with Crippen molar-refractivity contribution in [3.05, 3.63) is 59.7 Å². The van der Waals surface area contributed by atoms with Gasteiger partial charge in [0.25, 0.3) is 0 Å². The molecule has 0 bridgehead atoms. The third-order valence-corrected chi connectivity index (χ3v) is 7.44. The number of aliphatic carboxylic acids is 1. The highest BCUT2D eigenvalue weighted by Gasteiger charge is 2.41. The predicted molar refractivity (Wildman–Crippen MR) is 133 cm³/mol. The van der Waals surface area contributed by atoms with Crippen LogP contribution in [0.15, 0.2) is 48.5 Å². The second-order valence-corrected chi connectivity index (χ2v) is 9.74. The van der Waals surface area contributed by atoms with Gasteiger partial charge in [-0.3, -0.25) is 9.59 Å². The van der Waals surface area contributed by atoms with Crippen molar-refractivity contribution in [1.82, 2.24) is 10.2 Å². The first-order chi connectivity index (χ1) is 16.9. The zero-order valence-electron chi connectivity index (χ0n) is 20.3. The van der Waals surface area contributed by atoms with Crippen LogP contribution in [0.25, 0.3) is 11.1 Å². The number of hydrogen-bond acceptors (Lipinski definition) is 4. The molecule has 4 rings (SSSR count). The third-order valence-electron chi connectivity index (χ3n) is 7.44. The van der Waals surface area contributed by atoms with E-state index in [9.17, 15) is 14.4 Å². The first kappa shape index (κ1) is 24.8. The van der Waals surface area contributed by atoms with E-state index in [0.29, 0.717) is 12.8 Å². The minimum atomic E-state index is -0.934. The molecule has 35 heavy (non-hydrogen) atoms. The summed E-state index contributed by atoms with van der Waals surface area (Å²) < 4.78 is 5.67. The molecule has 0 saturated heterocycles. The highest BCUT2D eigenvalue weighted by molar-refractivity contribution is 5.84. The number of nitrogens with one attached hydrogen (secondary N) is 1. The smallest absolute Gasteiger partial charge is 0.407 e. The molecule has 0 atom stereocenters. The lowest BCUT2D eigenvalue weighted by Gasteiger charge is -2.35. The molecule has 0 radical (unpaired) electrons. The average Bonchev–Trinajstić information content (AvgIpc) is 3.00. The Hall–Kier alpha value is -3.35. The second kappa shape index (κ2) is 10.9. The van der Waals surface area contributed by atoms with E-state index in [0.717, 1.165) is 36.8 Å². The normalized spacial score (nSPS) is 16.5. The quantitative estimate of drug-likeness (QED) is 0.532. The van der Waals surface area contributed by atoms with Gasteiger partial charge in [-0.15, -0.1) is 0 Å². The average molecular weight is 479 g/mol. The van der Waals surface area contributed by atoms with Crippen LogP contribution in [0, 0.1) is 5.41 Å². The Morgan fingerprint density at radius 3 is 2.11 bits per heavy atom. The van der Waals surface area contributed by atoms with Crippen LogP contribution in [0.5, 0.6) is 0 Å². The van der Waals surface area contributed by atoms with E-state index in [1.54, 1.807) is 7.05 Å². The molecular weight excluding hydrogens is 444 g/mol. The topological polar surface area (TPSA) is 95.9 Å². The van der Waals surface area contributed by atoms with E-state index in [4.69, 9.17) is 9.84 Å². The molecule has 2 aliphatic rings. The van der Waals surface area contributed by atoms with Gasteiger partial charge in [0.05, 0.1) is 11.8 Å². The van der Waals surface area contributed by atoms with Crippen molar-refractivity contribution >= 4 is 18.0 Å². The predicted octanol–water partition coefficient (Wildman–Crippen LogP) is 4.80. The molecule has 0 aromatic heterocycles. The van der Waals surface area contributed by atoms with Gasteiger partial charge in [0, 0.05) is 26.1 Å². The van der Waals surface area contributed by atoms with Crippen molar-refractivity contribution in [3.63, 3.8) is 0 Å². The van der Waals surface area contributed by atoms with Gasteiger partial charge in [-0.25, -0.2) is 4.79 Å². The number of carbonyl (C=O) groups excluding carboxylic acids is 2. The number of amides is 2. The highest BCUT2D eigenvalue weighted by atomic mass is 16.5. The first-order valence-corrected chi connectivity index (χ1v) is 12.5. The number of carboxylic acid groups (broad SMARTS) is 1. The van der Waals surface area contributed by atoms with Crippen LogP contribution in [0.3, 0.4) is 0 Å². The third kappa shape index (κ3) is 5.50. The van der Waals surface area contributed by atoms with E-state index in [1.807, 2.05) is 24.3 Å². The Kier molecular flexibility index (Phi) is 7.73. The molecule has 186 valence electrons. The summed E-state index contributed by atoms with van der Waals surface area (Å²) in [4.78, 5) is 38.6. The molecule has 2 amide bonds. The van der Waals surface area contributed by atoms with Gasteiger partial charge in [0.1, 0.15) is 6.61 Å². The number of benzene rings is 2. The van der Waals surface area contributed by atoms with Crippen molar-refractivity contribution in [2.45, 2.75) is 50.9 Å². The summed E-state index contributed by atoms with van der Waals surface area (Å²) in [5.41, 5.74) is 3.91. The van der Waals surface area contributed by atoms with Gasteiger partial charge in [-0.1, -0.05) is 74.2 Å². The standard InChI is InChI=1S/C28H34N2O5/c1-30(17-14-25(31)32)26(33)28(15-8-2-3-9-16-28)19-29-27(34)35-18-24-22-12-6-4-10-20(22)21-11-5-7-13-23(21)24/h4-7,10-13,24H,2-3,8-9,14-19H2,1H3,(H,29,34)(H,31,32). The van der Waals surface area contributed by atoms with E-state index >= 15 is 0 Å². The molecule has 2 aromatic rings. The molecule has 0 unspecified atom stereocenters. The van der Waals surface area contributed by atoms with Gasteiger partial charge in [0.15, 0.2) is 0 Å². The Bertz CT molecular complexity index is 1030. The number of nitrogens with zero attached hydrogens (tertiary/aromatic N) is 1. The Morgan fingerprint density at radius 1 is 0.971 bits per heavy atom. The van der Waals surface area contributed by atoms with Crippen molar-refractivity contribution in [2.75, 3.05) is 26.7 Å². The SMILES string of the molecule is CN(CCC(=O)O)C(=O)C1(CNC(=O)OCC2c3ccccc3-c3ccccc32)CCCCCC1. The van der Waals surface area contributed by atoms with Crippen LogP contribution >= 0.6 is 0 Å². The van der Waals surface area contributed by atoms with Crippen molar-refractivity contribution in [3.8, 4) is 11.1 Å².